The van der Waals surface area contributed by atoms with E-state index < -0.39 is 0 Å². The maximum absolute atomic E-state index is 12.7. The number of likely N-dealkylation sites (N-methyl/N-ethyl adjacent to an activating group) is 1. The van der Waals surface area contributed by atoms with Gasteiger partial charge >= 0.3 is 0 Å². The number of carbonyl (C=O) groups is 1. The zero-order chi connectivity index (χ0) is 21.4. The van der Waals surface area contributed by atoms with Crippen molar-refractivity contribution in [2.45, 2.75) is 44.1 Å². The molecule has 0 spiro atoms. The molecule has 3 aliphatic heterocycles. The van der Waals surface area contributed by atoms with Crippen molar-refractivity contribution in [3.63, 3.8) is 0 Å². The van der Waals surface area contributed by atoms with Gasteiger partial charge in [0.15, 0.2) is 5.96 Å². The summed E-state index contributed by atoms with van der Waals surface area (Å²) >= 11 is 0. The summed E-state index contributed by atoms with van der Waals surface area (Å²) in [7, 11) is 6.19. The Kier molecular flexibility index (Phi) is 8.77. The van der Waals surface area contributed by atoms with E-state index >= 15 is 0 Å². The molecule has 8 nitrogen and oxygen atoms in total. The minimum absolute atomic E-state index is 0.121. The van der Waals surface area contributed by atoms with Gasteiger partial charge in [-0.05, 0) is 39.8 Å². The van der Waals surface area contributed by atoms with Crippen LogP contribution in [0.1, 0.15) is 38.5 Å². The Morgan fingerprint density at radius 3 is 2.17 bits per heavy atom. The quantitative estimate of drug-likeness (QED) is 0.520. The van der Waals surface area contributed by atoms with Crippen LogP contribution >= 0.6 is 0 Å². The van der Waals surface area contributed by atoms with Crippen molar-refractivity contribution in [1.82, 2.24) is 24.9 Å². The van der Waals surface area contributed by atoms with Crippen LogP contribution in [0.15, 0.2) is 4.99 Å². The number of hydrogen-bond donors (Lipinski definition) is 1. The van der Waals surface area contributed by atoms with Gasteiger partial charge in [0.2, 0.25) is 5.91 Å². The predicted molar refractivity (Wildman–Crippen MR) is 121 cm³/mol. The zero-order valence-corrected chi connectivity index (χ0v) is 19.4. The molecule has 0 unspecified atom stereocenters. The van der Waals surface area contributed by atoms with Crippen molar-refractivity contribution in [3.8, 4) is 0 Å². The number of likely N-dealkylation sites (tertiary alicyclic amines) is 1. The van der Waals surface area contributed by atoms with Crippen LogP contribution in [0.3, 0.4) is 0 Å². The SMILES string of the molecule is CN=C(NCC1(N(C)C)CCOCC1)N1CCN(CC(=O)N2CCCCCC2)CC1. The van der Waals surface area contributed by atoms with E-state index in [1.165, 1.54) is 12.8 Å². The third kappa shape index (κ3) is 6.08. The molecule has 0 aromatic carbocycles. The highest BCUT2D eigenvalue weighted by Crippen LogP contribution is 2.25. The van der Waals surface area contributed by atoms with Crippen molar-refractivity contribution in [2.75, 3.05) is 86.7 Å². The Morgan fingerprint density at radius 2 is 1.60 bits per heavy atom. The number of nitrogens with one attached hydrogen (secondary N) is 1. The average Bonchev–Trinajstić information content (AvgIpc) is 3.05. The lowest BCUT2D eigenvalue weighted by atomic mass is 9.88. The van der Waals surface area contributed by atoms with Crippen LogP contribution in [0.4, 0.5) is 0 Å². The van der Waals surface area contributed by atoms with Gasteiger partial charge in [0, 0.05) is 71.6 Å². The van der Waals surface area contributed by atoms with Crippen LogP contribution in [0.25, 0.3) is 0 Å². The van der Waals surface area contributed by atoms with Crippen molar-refractivity contribution >= 4 is 11.9 Å². The summed E-state index contributed by atoms with van der Waals surface area (Å²) < 4.78 is 5.59. The van der Waals surface area contributed by atoms with E-state index in [0.717, 1.165) is 90.7 Å². The number of carbonyl (C=O) groups excluding carboxylic acids is 1. The normalized spacial score (nSPS) is 24.1. The number of guanidine groups is 1. The predicted octanol–water partition coefficient (Wildman–Crippen LogP) is 0.693. The molecule has 0 aromatic rings. The van der Waals surface area contributed by atoms with Gasteiger partial charge in [-0.2, -0.15) is 0 Å². The van der Waals surface area contributed by atoms with Gasteiger partial charge in [0.05, 0.1) is 6.54 Å². The van der Waals surface area contributed by atoms with E-state index in [2.05, 4.69) is 44.0 Å². The summed E-state index contributed by atoms with van der Waals surface area (Å²) in [5.41, 5.74) is 0.121. The maximum atomic E-state index is 12.7. The number of piperazine rings is 1. The molecule has 172 valence electrons. The van der Waals surface area contributed by atoms with Crippen LogP contribution in [-0.2, 0) is 9.53 Å². The zero-order valence-electron chi connectivity index (χ0n) is 19.4. The van der Waals surface area contributed by atoms with Gasteiger partial charge in [-0.15, -0.1) is 0 Å². The molecule has 8 heteroatoms. The van der Waals surface area contributed by atoms with Crippen LogP contribution in [0.2, 0.25) is 0 Å². The summed E-state index contributed by atoms with van der Waals surface area (Å²) in [5, 5.41) is 3.63. The van der Waals surface area contributed by atoms with Crippen molar-refractivity contribution < 1.29 is 9.53 Å². The third-order valence-corrected chi connectivity index (χ3v) is 7.15. The molecule has 0 aromatic heterocycles. The van der Waals surface area contributed by atoms with E-state index in [1.807, 2.05) is 7.05 Å². The topological polar surface area (TPSA) is 63.7 Å². The van der Waals surface area contributed by atoms with Crippen molar-refractivity contribution in [3.05, 3.63) is 0 Å². The number of amides is 1. The molecule has 0 bridgehead atoms. The van der Waals surface area contributed by atoms with Gasteiger partial charge in [0.1, 0.15) is 0 Å². The summed E-state index contributed by atoms with van der Waals surface area (Å²) in [6, 6.07) is 0. The number of hydrogen-bond acceptors (Lipinski definition) is 5. The molecule has 30 heavy (non-hydrogen) atoms. The molecular formula is C22H42N6O2. The second-order valence-corrected chi connectivity index (χ2v) is 9.19. The first kappa shape index (κ1) is 23.3. The Balaban J connectivity index is 1.45. The highest BCUT2D eigenvalue weighted by atomic mass is 16.5. The number of nitrogens with zero attached hydrogens (tertiary/aromatic N) is 5. The van der Waals surface area contributed by atoms with Gasteiger partial charge in [0.25, 0.3) is 0 Å². The van der Waals surface area contributed by atoms with Gasteiger partial charge in [-0.1, -0.05) is 12.8 Å². The fourth-order valence-electron chi connectivity index (χ4n) is 4.84. The fourth-order valence-corrected chi connectivity index (χ4v) is 4.84. The van der Waals surface area contributed by atoms with E-state index in [0.29, 0.717) is 12.5 Å². The number of ether oxygens (including phenoxy) is 1. The molecular weight excluding hydrogens is 380 g/mol. The molecule has 0 saturated carbocycles. The molecule has 3 rings (SSSR count). The first-order valence-corrected chi connectivity index (χ1v) is 11.7. The van der Waals surface area contributed by atoms with Crippen LogP contribution in [-0.4, -0.2) is 124 Å². The second-order valence-electron chi connectivity index (χ2n) is 9.19. The van der Waals surface area contributed by atoms with Crippen LogP contribution in [0, 0.1) is 0 Å². The fraction of sp³-hybridized carbons (Fsp3) is 0.909. The molecule has 0 aliphatic carbocycles. The Labute approximate surface area is 182 Å². The minimum atomic E-state index is 0.121. The summed E-state index contributed by atoms with van der Waals surface area (Å²) in [5.74, 6) is 1.28. The summed E-state index contributed by atoms with van der Waals surface area (Å²) in [4.78, 5) is 26.3. The summed E-state index contributed by atoms with van der Waals surface area (Å²) in [6.45, 7) is 8.59. The Bertz CT molecular complexity index is 560. The van der Waals surface area contributed by atoms with Crippen molar-refractivity contribution in [2.24, 2.45) is 4.99 Å². The smallest absolute Gasteiger partial charge is 0.236 e. The lowest BCUT2D eigenvalue weighted by Gasteiger charge is -2.44. The molecule has 0 radical (unpaired) electrons. The summed E-state index contributed by atoms with van der Waals surface area (Å²) in [6.07, 6.45) is 6.91. The van der Waals surface area contributed by atoms with Gasteiger partial charge < -0.3 is 24.8 Å². The van der Waals surface area contributed by atoms with Crippen molar-refractivity contribution in [1.29, 1.82) is 0 Å². The lowest BCUT2D eigenvalue weighted by Crippen LogP contribution is -2.59. The minimum Gasteiger partial charge on any atom is -0.381 e. The van der Waals surface area contributed by atoms with E-state index in [-0.39, 0.29) is 5.54 Å². The Hall–Kier alpha value is -1.38. The molecule has 1 amide bonds. The first-order valence-electron chi connectivity index (χ1n) is 11.7. The second kappa shape index (κ2) is 11.3. The highest BCUT2D eigenvalue weighted by Gasteiger charge is 2.35. The molecule has 3 fully saturated rings. The van der Waals surface area contributed by atoms with E-state index in [1.54, 1.807) is 0 Å². The Morgan fingerprint density at radius 1 is 0.967 bits per heavy atom. The largest absolute Gasteiger partial charge is 0.381 e. The van der Waals surface area contributed by atoms with E-state index in [4.69, 9.17) is 4.74 Å². The molecule has 3 saturated heterocycles. The standard InChI is InChI=1S/C22H42N6O2/c1-23-21(24-19-22(25(2)3)8-16-30-17-9-22)28-14-12-26(13-15-28)18-20(29)27-10-6-4-5-7-11-27/h4-19H2,1-3H3,(H,23,24). The maximum Gasteiger partial charge on any atom is 0.236 e. The lowest BCUT2D eigenvalue weighted by molar-refractivity contribution is -0.132. The third-order valence-electron chi connectivity index (χ3n) is 7.15. The highest BCUT2D eigenvalue weighted by molar-refractivity contribution is 5.80. The number of rotatable bonds is 5. The molecule has 1 N–H and O–H groups in total. The monoisotopic (exact) mass is 422 g/mol. The van der Waals surface area contributed by atoms with Gasteiger partial charge in [-0.3, -0.25) is 14.7 Å². The molecule has 3 aliphatic rings. The molecule has 0 atom stereocenters. The van der Waals surface area contributed by atoms with Gasteiger partial charge in [-0.25, -0.2) is 0 Å². The van der Waals surface area contributed by atoms with Crippen LogP contribution in [0.5, 0.6) is 0 Å². The molecule has 3 heterocycles. The van der Waals surface area contributed by atoms with Crippen LogP contribution < -0.4 is 5.32 Å². The van der Waals surface area contributed by atoms with E-state index in [9.17, 15) is 4.79 Å². The first-order chi connectivity index (χ1) is 14.5. The average molecular weight is 423 g/mol. The number of aliphatic imine (C=N–C) groups is 1.